The third-order valence-electron chi connectivity index (χ3n) is 6.76. The summed E-state index contributed by atoms with van der Waals surface area (Å²) < 4.78 is 7.55. The van der Waals surface area contributed by atoms with Gasteiger partial charge >= 0.3 is 0 Å². The predicted molar refractivity (Wildman–Crippen MR) is 122 cm³/mol. The quantitative estimate of drug-likeness (QED) is 0.636. The highest BCUT2D eigenvalue weighted by Gasteiger charge is 2.29. The molecule has 8 heteroatoms. The lowest BCUT2D eigenvalue weighted by atomic mass is 9.99. The first-order chi connectivity index (χ1) is 15.7. The number of morpholine rings is 1. The van der Waals surface area contributed by atoms with Gasteiger partial charge in [-0.3, -0.25) is 4.79 Å². The van der Waals surface area contributed by atoms with Crippen LogP contribution in [0.3, 0.4) is 0 Å². The minimum atomic E-state index is 0.111. The molecule has 4 heterocycles. The molecule has 3 aromatic rings. The van der Waals surface area contributed by atoms with E-state index >= 15 is 0 Å². The van der Waals surface area contributed by atoms with Gasteiger partial charge in [0.1, 0.15) is 0 Å². The van der Waals surface area contributed by atoms with Gasteiger partial charge in [-0.2, -0.15) is 10.1 Å². The summed E-state index contributed by atoms with van der Waals surface area (Å²) in [4.78, 5) is 26.0. The van der Waals surface area contributed by atoms with Crippen LogP contribution in [0.25, 0.3) is 28.4 Å². The van der Waals surface area contributed by atoms with Gasteiger partial charge in [0.05, 0.1) is 36.5 Å². The Hall–Kier alpha value is -3.26. The summed E-state index contributed by atoms with van der Waals surface area (Å²) in [5.41, 5.74) is 5.44. The number of rotatable bonds is 3. The number of hydrogen-bond donors (Lipinski definition) is 0. The van der Waals surface area contributed by atoms with Crippen LogP contribution in [0, 0.1) is 0 Å². The molecule has 0 radical (unpaired) electrons. The van der Waals surface area contributed by atoms with E-state index in [1.165, 1.54) is 11.1 Å². The Bertz CT molecular complexity index is 1230. The molecule has 8 nitrogen and oxygen atoms in total. The molecule has 2 saturated heterocycles. The average molecular weight is 431 g/mol. The second kappa shape index (κ2) is 7.70. The zero-order chi connectivity index (χ0) is 21.7. The van der Waals surface area contributed by atoms with Crippen molar-refractivity contribution < 1.29 is 9.53 Å². The van der Waals surface area contributed by atoms with E-state index in [1.54, 1.807) is 6.92 Å². The fourth-order valence-corrected chi connectivity index (χ4v) is 5.02. The topological polar surface area (TPSA) is 76.4 Å². The van der Waals surface area contributed by atoms with Gasteiger partial charge < -0.3 is 14.5 Å². The summed E-state index contributed by atoms with van der Waals surface area (Å²) in [6, 6.07) is 6.55. The predicted octanol–water partition coefficient (Wildman–Crippen LogP) is 2.69. The monoisotopic (exact) mass is 430 g/mol. The number of amides is 1. The normalized spacial score (nSPS) is 20.3. The van der Waals surface area contributed by atoms with Gasteiger partial charge in [0.2, 0.25) is 11.9 Å². The van der Waals surface area contributed by atoms with Crippen molar-refractivity contribution in [1.82, 2.24) is 24.6 Å². The van der Waals surface area contributed by atoms with E-state index in [0.29, 0.717) is 19.8 Å². The lowest BCUT2D eigenvalue weighted by Gasteiger charge is -2.27. The van der Waals surface area contributed by atoms with Crippen molar-refractivity contribution in [2.24, 2.45) is 0 Å². The number of fused-ring (bicyclic) bond motifs is 2. The minimum Gasteiger partial charge on any atom is -0.378 e. The summed E-state index contributed by atoms with van der Waals surface area (Å²) in [6.07, 6.45) is 8.12. The molecule has 1 unspecified atom stereocenters. The molecule has 0 spiro atoms. The number of nitrogens with zero attached hydrogens (tertiary/aromatic N) is 6. The molecular weight excluding hydrogens is 404 g/mol. The number of hydrogen-bond acceptors (Lipinski definition) is 6. The van der Waals surface area contributed by atoms with E-state index in [1.807, 2.05) is 15.8 Å². The molecule has 1 aliphatic carbocycles. The van der Waals surface area contributed by atoms with Gasteiger partial charge in [0, 0.05) is 38.7 Å². The number of carbonyl (C=O) groups is 1. The second-order valence-corrected chi connectivity index (χ2v) is 8.69. The van der Waals surface area contributed by atoms with Crippen LogP contribution in [0.5, 0.6) is 0 Å². The van der Waals surface area contributed by atoms with E-state index in [4.69, 9.17) is 19.8 Å². The molecule has 2 aliphatic heterocycles. The van der Waals surface area contributed by atoms with Gasteiger partial charge in [-0.25, -0.2) is 9.67 Å². The highest BCUT2D eigenvalue weighted by Crippen LogP contribution is 2.36. The van der Waals surface area contributed by atoms with Crippen LogP contribution in [-0.2, 0) is 16.0 Å². The van der Waals surface area contributed by atoms with Crippen molar-refractivity contribution in [3.63, 3.8) is 0 Å². The lowest BCUT2D eigenvalue weighted by molar-refractivity contribution is -0.127. The molecule has 0 bridgehead atoms. The Labute approximate surface area is 186 Å². The summed E-state index contributed by atoms with van der Waals surface area (Å²) in [5, 5.41) is 5.71. The third kappa shape index (κ3) is 3.17. The number of carbonyl (C=O) groups excluding carboxylic acids is 1. The van der Waals surface area contributed by atoms with E-state index in [-0.39, 0.29) is 11.9 Å². The molecule has 32 heavy (non-hydrogen) atoms. The Morgan fingerprint density at radius 1 is 1.16 bits per heavy atom. The van der Waals surface area contributed by atoms with Crippen LogP contribution < -0.4 is 4.90 Å². The van der Waals surface area contributed by atoms with Gasteiger partial charge in [-0.1, -0.05) is 30.4 Å². The van der Waals surface area contributed by atoms with Crippen LogP contribution in [-0.4, -0.2) is 69.9 Å². The van der Waals surface area contributed by atoms with Gasteiger partial charge in [-0.15, -0.1) is 0 Å². The average Bonchev–Trinajstić information content (AvgIpc) is 3.57. The highest BCUT2D eigenvalue weighted by atomic mass is 16.5. The van der Waals surface area contributed by atoms with E-state index < -0.39 is 0 Å². The van der Waals surface area contributed by atoms with Gasteiger partial charge in [-0.05, 0) is 24.0 Å². The minimum absolute atomic E-state index is 0.111. The Kier molecular flexibility index (Phi) is 4.68. The summed E-state index contributed by atoms with van der Waals surface area (Å²) in [5.74, 6) is 0.832. The zero-order valence-corrected chi connectivity index (χ0v) is 18.2. The lowest BCUT2D eigenvalue weighted by Crippen LogP contribution is -2.37. The van der Waals surface area contributed by atoms with Crippen LogP contribution in [0.2, 0.25) is 0 Å². The first kappa shape index (κ1) is 19.4. The van der Waals surface area contributed by atoms with Crippen molar-refractivity contribution >= 4 is 29.0 Å². The number of ether oxygens (including phenoxy) is 1. The van der Waals surface area contributed by atoms with Gasteiger partial charge in [0.25, 0.3) is 0 Å². The zero-order valence-electron chi connectivity index (χ0n) is 18.2. The Balaban J connectivity index is 1.51. The molecule has 1 aromatic carbocycles. The molecule has 1 amide bonds. The van der Waals surface area contributed by atoms with E-state index in [9.17, 15) is 4.79 Å². The van der Waals surface area contributed by atoms with Crippen molar-refractivity contribution in [3.8, 4) is 11.3 Å². The standard InChI is InChI=1S/C24H26N6O2/c1-16(31)29-9-8-18(15-29)30-23-21(14-25-30)22(20-7-3-5-17-4-2-6-19(17)20)26-24(27-23)28-10-12-32-13-11-28/h2-3,5-7,14,18H,4,8-13,15H2,1H3. The van der Waals surface area contributed by atoms with Crippen molar-refractivity contribution in [2.45, 2.75) is 25.8 Å². The molecule has 3 aliphatic rings. The molecule has 6 rings (SSSR count). The van der Waals surface area contributed by atoms with Crippen molar-refractivity contribution in [2.75, 3.05) is 44.3 Å². The molecule has 2 fully saturated rings. The number of benzene rings is 1. The van der Waals surface area contributed by atoms with Crippen LogP contribution in [0.4, 0.5) is 5.95 Å². The summed E-state index contributed by atoms with van der Waals surface area (Å²) >= 11 is 0. The maximum absolute atomic E-state index is 11.9. The molecule has 0 saturated carbocycles. The number of likely N-dealkylation sites (tertiary alicyclic amines) is 1. The first-order valence-corrected chi connectivity index (χ1v) is 11.3. The maximum Gasteiger partial charge on any atom is 0.228 e. The molecule has 2 aromatic heterocycles. The van der Waals surface area contributed by atoms with Crippen LogP contribution in [0.1, 0.15) is 30.5 Å². The summed E-state index contributed by atoms with van der Waals surface area (Å²) in [7, 11) is 0. The van der Waals surface area contributed by atoms with E-state index in [0.717, 1.165) is 60.7 Å². The van der Waals surface area contributed by atoms with Crippen LogP contribution in [0.15, 0.2) is 30.5 Å². The largest absolute Gasteiger partial charge is 0.378 e. The Morgan fingerprint density at radius 2 is 2.03 bits per heavy atom. The summed E-state index contributed by atoms with van der Waals surface area (Å²) in [6.45, 7) is 5.95. The van der Waals surface area contributed by atoms with Crippen molar-refractivity contribution in [1.29, 1.82) is 0 Å². The highest BCUT2D eigenvalue weighted by molar-refractivity contribution is 5.94. The fraction of sp³-hybridized carbons (Fsp3) is 0.417. The molecule has 164 valence electrons. The second-order valence-electron chi connectivity index (χ2n) is 8.69. The molecular formula is C24H26N6O2. The van der Waals surface area contributed by atoms with E-state index in [2.05, 4.69) is 35.3 Å². The smallest absolute Gasteiger partial charge is 0.228 e. The maximum atomic E-state index is 11.9. The first-order valence-electron chi connectivity index (χ1n) is 11.3. The van der Waals surface area contributed by atoms with Gasteiger partial charge in [0.15, 0.2) is 5.65 Å². The Morgan fingerprint density at radius 3 is 2.84 bits per heavy atom. The number of allylic oxidation sites excluding steroid dienone is 1. The SMILES string of the molecule is CC(=O)N1CCC(n2ncc3c(-c4cccc5c4C=CC5)nc(N4CCOCC4)nc32)C1. The van der Waals surface area contributed by atoms with Crippen molar-refractivity contribution in [3.05, 3.63) is 41.6 Å². The fourth-order valence-electron chi connectivity index (χ4n) is 5.02. The van der Waals surface area contributed by atoms with Crippen LogP contribution >= 0.6 is 0 Å². The molecule has 1 atom stereocenters. The number of aromatic nitrogens is 4. The third-order valence-corrected chi connectivity index (χ3v) is 6.76. The molecule has 0 N–H and O–H groups in total. The number of anilines is 1.